The molecule has 0 saturated carbocycles. The number of methoxy groups -OCH3 is 1. The van der Waals surface area contributed by atoms with Gasteiger partial charge in [0.05, 0.1) is 17.7 Å². The first-order valence-corrected chi connectivity index (χ1v) is 11.9. The summed E-state index contributed by atoms with van der Waals surface area (Å²) < 4.78 is 39.2. The van der Waals surface area contributed by atoms with Gasteiger partial charge in [0.15, 0.2) is 6.10 Å². The van der Waals surface area contributed by atoms with Gasteiger partial charge in [0.1, 0.15) is 11.5 Å². The fourth-order valence-electron chi connectivity index (χ4n) is 3.24. The van der Waals surface area contributed by atoms with Gasteiger partial charge in [-0.15, -0.1) is 0 Å². The lowest BCUT2D eigenvalue weighted by Crippen LogP contribution is -2.30. The van der Waals surface area contributed by atoms with Crippen molar-refractivity contribution in [1.29, 1.82) is 0 Å². The molecular weight excluding hydrogens is 440 g/mol. The van der Waals surface area contributed by atoms with E-state index in [0.717, 1.165) is 16.7 Å². The highest BCUT2D eigenvalue weighted by atomic mass is 32.2. The van der Waals surface area contributed by atoms with E-state index >= 15 is 0 Å². The van der Waals surface area contributed by atoms with Crippen molar-refractivity contribution in [2.24, 2.45) is 0 Å². The second-order valence-electron chi connectivity index (χ2n) is 7.85. The molecule has 3 rings (SSSR count). The van der Waals surface area contributed by atoms with Crippen molar-refractivity contribution in [1.82, 2.24) is 0 Å². The van der Waals surface area contributed by atoms with Crippen molar-refractivity contribution in [3.8, 4) is 11.5 Å². The Morgan fingerprint density at radius 3 is 2.09 bits per heavy atom. The summed E-state index contributed by atoms with van der Waals surface area (Å²) in [5.74, 6) is 0.724. The number of amides is 1. The third-order valence-corrected chi connectivity index (χ3v) is 6.42. The zero-order valence-electron chi connectivity index (χ0n) is 19.3. The number of aryl methyl sites for hydroxylation is 3. The third-order valence-electron chi connectivity index (χ3n) is 5.03. The predicted octanol–water partition coefficient (Wildman–Crippen LogP) is 4.83. The molecule has 0 aliphatic rings. The van der Waals surface area contributed by atoms with Gasteiger partial charge < -0.3 is 14.8 Å². The SMILES string of the molecule is COc1ccc(C)cc1NS(=O)(=O)c1ccc(NC(=O)[C@H](C)Oc2ccc(C)cc2C)cc1. The number of ether oxygens (including phenoxy) is 2. The van der Waals surface area contributed by atoms with Crippen molar-refractivity contribution in [3.63, 3.8) is 0 Å². The first-order valence-electron chi connectivity index (χ1n) is 10.4. The minimum absolute atomic E-state index is 0.0589. The van der Waals surface area contributed by atoms with E-state index in [9.17, 15) is 13.2 Å². The molecule has 7 nitrogen and oxygen atoms in total. The van der Waals surface area contributed by atoms with Crippen LogP contribution in [0, 0.1) is 20.8 Å². The van der Waals surface area contributed by atoms with Gasteiger partial charge >= 0.3 is 0 Å². The van der Waals surface area contributed by atoms with Gasteiger partial charge in [-0.05, 0) is 81.3 Å². The zero-order valence-corrected chi connectivity index (χ0v) is 20.1. The maximum absolute atomic E-state index is 12.8. The quantitative estimate of drug-likeness (QED) is 0.494. The summed E-state index contributed by atoms with van der Waals surface area (Å²) in [5.41, 5.74) is 3.77. The molecule has 0 bridgehead atoms. The van der Waals surface area contributed by atoms with E-state index in [1.807, 2.05) is 45.0 Å². The topological polar surface area (TPSA) is 93.7 Å². The summed E-state index contributed by atoms with van der Waals surface area (Å²) in [6, 6.07) is 16.9. The number of nitrogens with one attached hydrogen (secondary N) is 2. The lowest BCUT2D eigenvalue weighted by atomic mass is 10.1. The van der Waals surface area contributed by atoms with E-state index in [1.165, 1.54) is 31.4 Å². The normalized spacial score (nSPS) is 12.0. The van der Waals surface area contributed by atoms with E-state index in [-0.39, 0.29) is 10.8 Å². The minimum Gasteiger partial charge on any atom is -0.495 e. The fraction of sp³-hybridized carbons (Fsp3) is 0.240. The Morgan fingerprint density at radius 2 is 1.48 bits per heavy atom. The van der Waals surface area contributed by atoms with Gasteiger partial charge in [0.2, 0.25) is 0 Å². The molecule has 0 unspecified atom stereocenters. The van der Waals surface area contributed by atoms with Gasteiger partial charge in [0.25, 0.3) is 15.9 Å². The van der Waals surface area contributed by atoms with Crippen LogP contribution in [0.25, 0.3) is 0 Å². The molecule has 2 N–H and O–H groups in total. The van der Waals surface area contributed by atoms with Crippen molar-refractivity contribution >= 4 is 27.3 Å². The number of benzene rings is 3. The summed E-state index contributed by atoms with van der Waals surface area (Å²) in [6.07, 6.45) is -0.731. The predicted molar refractivity (Wildman–Crippen MR) is 130 cm³/mol. The van der Waals surface area contributed by atoms with E-state index in [1.54, 1.807) is 19.1 Å². The molecule has 0 saturated heterocycles. The van der Waals surface area contributed by atoms with Gasteiger partial charge in [-0.1, -0.05) is 23.8 Å². The first kappa shape index (κ1) is 24.1. The lowest BCUT2D eigenvalue weighted by Gasteiger charge is -2.17. The number of rotatable bonds is 8. The highest BCUT2D eigenvalue weighted by molar-refractivity contribution is 7.92. The smallest absolute Gasteiger partial charge is 0.265 e. The van der Waals surface area contributed by atoms with Crippen LogP contribution in [-0.2, 0) is 14.8 Å². The number of anilines is 2. The number of sulfonamides is 1. The molecule has 174 valence electrons. The van der Waals surface area contributed by atoms with Crippen molar-refractivity contribution in [2.75, 3.05) is 17.1 Å². The summed E-state index contributed by atoms with van der Waals surface area (Å²) in [6.45, 7) is 7.43. The zero-order chi connectivity index (χ0) is 24.2. The molecule has 0 fully saturated rings. The van der Waals surface area contributed by atoms with Crippen molar-refractivity contribution in [3.05, 3.63) is 77.4 Å². The van der Waals surface area contributed by atoms with Crippen LogP contribution in [0.15, 0.2) is 65.6 Å². The second kappa shape index (κ2) is 9.95. The molecule has 0 spiro atoms. The highest BCUT2D eigenvalue weighted by Crippen LogP contribution is 2.28. The average Bonchev–Trinajstić information content (AvgIpc) is 2.76. The molecule has 0 aliphatic carbocycles. The van der Waals surface area contributed by atoms with E-state index in [2.05, 4.69) is 10.0 Å². The lowest BCUT2D eigenvalue weighted by molar-refractivity contribution is -0.122. The summed E-state index contributed by atoms with van der Waals surface area (Å²) in [7, 11) is -2.36. The molecule has 1 amide bonds. The Bertz CT molecular complexity index is 1250. The minimum atomic E-state index is -3.84. The maximum Gasteiger partial charge on any atom is 0.265 e. The second-order valence-corrected chi connectivity index (χ2v) is 9.53. The molecule has 8 heteroatoms. The Balaban J connectivity index is 1.68. The van der Waals surface area contributed by atoms with Crippen molar-refractivity contribution in [2.45, 2.75) is 38.7 Å². The van der Waals surface area contributed by atoms with Gasteiger partial charge in [-0.3, -0.25) is 9.52 Å². The molecule has 33 heavy (non-hydrogen) atoms. The summed E-state index contributed by atoms with van der Waals surface area (Å²) in [5, 5.41) is 2.75. The fourth-order valence-corrected chi connectivity index (χ4v) is 4.30. The number of hydrogen-bond donors (Lipinski definition) is 2. The Morgan fingerprint density at radius 1 is 0.879 bits per heavy atom. The molecule has 0 aliphatic heterocycles. The van der Waals surface area contributed by atoms with Crippen LogP contribution in [0.4, 0.5) is 11.4 Å². The third kappa shape index (κ3) is 6.04. The van der Waals surface area contributed by atoms with Gasteiger partial charge in [-0.2, -0.15) is 0 Å². The number of carbonyl (C=O) groups is 1. The number of carbonyl (C=O) groups excluding carboxylic acids is 1. The Kier molecular flexibility index (Phi) is 7.28. The Hall–Kier alpha value is -3.52. The molecular formula is C25H28N2O5S. The monoisotopic (exact) mass is 468 g/mol. The largest absolute Gasteiger partial charge is 0.495 e. The van der Waals surface area contributed by atoms with Crippen molar-refractivity contribution < 1.29 is 22.7 Å². The van der Waals surface area contributed by atoms with E-state index < -0.39 is 16.1 Å². The maximum atomic E-state index is 12.8. The molecule has 0 heterocycles. The Labute approximate surface area is 194 Å². The standard InChI is InChI=1S/C25H28N2O5S/c1-16-6-12-23(18(3)14-16)32-19(4)25(28)26-20-8-10-21(11-9-20)33(29,30)27-22-15-17(2)7-13-24(22)31-5/h6-15,19,27H,1-5H3,(H,26,28)/t19-/m0/s1. The van der Waals surface area contributed by atoms with Crippen LogP contribution in [0.1, 0.15) is 23.6 Å². The first-order chi connectivity index (χ1) is 15.6. The van der Waals surface area contributed by atoms with E-state index in [4.69, 9.17) is 9.47 Å². The average molecular weight is 469 g/mol. The van der Waals surface area contributed by atoms with Crippen LogP contribution in [0.2, 0.25) is 0 Å². The van der Waals surface area contributed by atoms with Gasteiger partial charge in [-0.25, -0.2) is 8.42 Å². The summed E-state index contributed by atoms with van der Waals surface area (Å²) >= 11 is 0. The van der Waals surface area contributed by atoms with Crippen LogP contribution < -0.4 is 19.5 Å². The van der Waals surface area contributed by atoms with Crippen LogP contribution >= 0.6 is 0 Å². The van der Waals surface area contributed by atoms with E-state index in [0.29, 0.717) is 22.9 Å². The highest BCUT2D eigenvalue weighted by Gasteiger charge is 2.19. The molecule has 0 aromatic heterocycles. The molecule has 3 aromatic rings. The number of hydrogen-bond acceptors (Lipinski definition) is 5. The van der Waals surface area contributed by atoms with Crippen LogP contribution in [0.5, 0.6) is 11.5 Å². The van der Waals surface area contributed by atoms with Crippen LogP contribution in [-0.4, -0.2) is 27.5 Å². The molecule has 0 radical (unpaired) electrons. The molecule has 1 atom stereocenters. The summed E-state index contributed by atoms with van der Waals surface area (Å²) in [4.78, 5) is 12.6. The van der Waals surface area contributed by atoms with Gasteiger partial charge in [0, 0.05) is 5.69 Å². The molecule has 3 aromatic carbocycles. The van der Waals surface area contributed by atoms with Crippen LogP contribution in [0.3, 0.4) is 0 Å².